The highest BCUT2D eigenvalue weighted by Crippen LogP contribution is 2.13. The second-order valence-corrected chi connectivity index (χ2v) is 5.20. The molecule has 0 aromatic heterocycles. The van der Waals surface area contributed by atoms with Gasteiger partial charge < -0.3 is 19.7 Å². The number of piperidine rings is 1. The van der Waals surface area contributed by atoms with Gasteiger partial charge >= 0.3 is 6.09 Å². The minimum Gasteiger partial charge on any atom is -0.493 e. The Hall–Kier alpha value is -2.24. The predicted octanol–water partition coefficient (Wildman–Crippen LogP) is 1.80. The number of benzene rings is 1. The first kappa shape index (κ1) is 16.1. The highest BCUT2D eigenvalue weighted by atomic mass is 16.5. The number of likely N-dealkylation sites (tertiary alicyclic amines) is 1. The zero-order valence-electron chi connectivity index (χ0n) is 12.8. The summed E-state index contributed by atoms with van der Waals surface area (Å²) in [6.45, 7) is 1.68. The fraction of sp³-hybridized carbons (Fsp3) is 0.500. The van der Waals surface area contributed by atoms with Gasteiger partial charge in [-0.05, 0) is 25.0 Å². The van der Waals surface area contributed by atoms with E-state index >= 15 is 0 Å². The van der Waals surface area contributed by atoms with E-state index in [-0.39, 0.29) is 11.9 Å². The summed E-state index contributed by atoms with van der Waals surface area (Å²) >= 11 is 0. The van der Waals surface area contributed by atoms with Crippen LogP contribution in [0.2, 0.25) is 0 Å². The van der Waals surface area contributed by atoms with Gasteiger partial charge in [0, 0.05) is 19.1 Å². The fourth-order valence-electron chi connectivity index (χ4n) is 2.43. The van der Waals surface area contributed by atoms with Gasteiger partial charge in [0.25, 0.3) is 0 Å². The fourth-order valence-corrected chi connectivity index (χ4v) is 2.43. The summed E-state index contributed by atoms with van der Waals surface area (Å²) < 4.78 is 10.1. The van der Waals surface area contributed by atoms with E-state index in [1.807, 2.05) is 35.2 Å². The molecule has 0 atom stereocenters. The lowest BCUT2D eigenvalue weighted by atomic mass is 10.1. The van der Waals surface area contributed by atoms with Crippen LogP contribution < -0.4 is 10.1 Å². The Labute approximate surface area is 130 Å². The zero-order valence-corrected chi connectivity index (χ0v) is 12.8. The van der Waals surface area contributed by atoms with E-state index in [0.717, 1.165) is 18.6 Å². The predicted molar refractivity (Wildman–Crippen MR) is 81.7 cm³/mol. The molecule has 0 unspecified atom stereocenters. The van der Waals surface area contributed by atoms with Crippen LogP contribution >= 0.6 is 0 Å². The van der Waals surface area contributed by atoms with E-state index in [1.165, 1.54) is 7.11 Å². The summed E-state index contributed by atoms with van der Waals surface area (Å²) in [4.78, 5) is 25.1. The van der Waals surface area contributed by atoms with E-state index in [2.05, 4.69) is 10.1 Å². The van der Waals surface area contributed by atoms with Crippen molar-refractivity contribution in [2.45, 2.75) is 25.3 Å². The Kier molecular flexibility index (Phi) is 6.06. The molecule has 1 aliphatic heterocycles. The van der Waals surface area contributed by atoms with Gasteiger partial charge in [-0.3, -0.25) is 4.79 Å². The Bertz CT molecular complexity index is 484. The molecule has 1 aliphatic rings. The van der Waals surface area contributed by atoms with E-state index in [9.17, 15) is 9.59 Å². The molecule has 1 aromatic carbocycles. The molecular weight excluding hydrogens is 284 g/mol. The number of hydrogen-bond acceptors (Lipinski definition) is 4. The monoisotopic (exact) mass is 306 g/mol. The van der Waals surface area contributed by atoms with Crippen LogP contribution in [0.4, 0.5) is 4.79 Å². The van der Waals surface area contributed by atoms with Crippen LogP contribution in [0.3, 0.4) is 0 Å². The SMILES string of the molecule is COC(=O)NC1CCN(C(=O)CCOc2ccccc2)CC1. The summed E-state index contributed by atoms with van der Waals surface area (Å²) in [5.74, 6) is 0.865. The number of amides is 2. The van der Waals surface area contributed by atoms with Gasteiger partial charge in [0.05, 0.1) is 20.1 Å². The molecule has 0 bridgehead atoms. The molecule has 0 radical (unpaired) electrons. The zero-order chi connectivity index (χ0) is 15.8. The molecule has 1 heterocycles. The number of ether oxygens (including phenoxy) is 2. The number of hydrogen-bond donors (Lipinski definition) is 1. The number of rotatable bonds is 5. The molecule has 0 aliphatic carbocycles. The third-order valence-corrected chi connectivity index (χ3v) is 3.68. The van der Waals surface area contributed by atoms with Crippen molar-refractivity contribution in [3.8, 4) is 5.75 Å². The minimum absolute atomic E-state index is 0.0806. The van der Waals surface area contributed by atoms with E-state index < -0.39 is 6.09 Å². The molecule has 1 N–H and O–H groups in total. The molecule has 22 heavy (non-hydrogen) atoms. The van der Waals surface area contributed by atoms with Crippen LogP contribution in [0.25, 0.3) is 0 Å². The number of carbonyl (C=O) groups is 2. The van der Waals surface area contributed by atoms with Gasteiger partial charge in [0.2, 0.25) is 5.91 Å². The number of nitrogens with one attached hydrogen (secondary N) is 1. The molecule has 1 fully saturated rings. The minimum atomic E-state index is -0.416. The molecule has 1 saturated heterocycles. The largest absolute Gasteiger partial charge is 0.493 e. The lowest BCUT2D eigenvalue weighted by Crippen LogP contribution is -2.46. The summed E-state index contributed by atoms with van der Waals surface area (Å²) in [6, 6.07) is 9.54. The van der Waals surface area contributed by atoms with Crippen molar-refractivity contribution in [3.63, 3.8) is 0 Å². The third kappa shape index (κ3) is 4.95. The highest BCUT2D eigenvalue weighted by molar-refractivity contribution is 5.76. The molecular formula is C16H22N2O4. The van der Waals surface area contributed by atoms with Crippen molar-refractivity contribution in [2.24, 2.45) is 0 Å². The number of alkyl carbamates (subject to hydrolysis) is 1. The van der Waals surface area contributed by atoms with Crippen molar-refractivity contribution in [1.29, 1.82) is 0 Å². The Morgan fingerprint density at radius 3 is 2.55 bits per heavy atom. The lowest BCUT2D eigenvalue weighted by Gasteiger charge is -2.32. The molecule has 2 amide bonds. The second-order valence-electron chi connectivity index (χ2n) is 5.20. The van der Waals surface area contributed by atoms with Crippen LogP contribution in [0.15, 0.2) is 30.3 Å². The number of methoxy groups -OCH3 is 1. The maximum absolute atomic E-state index is 12.1. The van der Waals surface area contributed by atoms with Crippen LogP contribution in [0.5, 0.6) is 5.75 Å². The van der Waals surface area contributed by atoms with E-state index in [4.69, 9.17) is 4.74 Å². The van der Waals surface area contributed by atoms with E-state index in [0.29, 0.717) is 26.1 Å². The van der Waals surface area contributed by atoms with Crippen molar-refractivity contribution >= 4 is 12.0 Å². The first-order chi connectivity index (χ1) is 10.7. The van der Waals surface area contributed by atoms with Gasteiger partial charge in [-0.15, -0.1) is 0 Å². The molecule has 6 nitrogen and oxygen atoms in total. The maximum atomic E-state index is 12.1. The highest BCUT2D eigenvalue weighted by Gasteiger charge is 2.23. The van der Waals surface area contributed by atoms with Crippen LogP contribution in [0, 0.1) is 0 Å². The normalized spacial score (nSPS) is 15.2. The average molecular weight is 306 g/mol. The van der Waals surface area contributed by atoms with E-state index in [1.54, 1.807) is 0 Å². The average Bonchev–Trinajstić information content (AvgIpc) is 2.56. The van der Waals surface area contributed by atoms with Crippen molar-refractivity contribution in [1.82, 2.24) is 10.2 Å². The quantitative estimate of drug-likeness (QED) is 0.901. The second kappa shape index (κ2) is 8.26. The van der Waals surface area contributed by atoms with Crippen LogP contribution in [0.1, 0.15) is 19.3 Å². The Balaban J connectivity index is 1.66. The van der Waals surface area contributed by atoms with Crippen LogP contribution in [-0.2, 0) is 9.53 Å². The van der Waals surface area contributed by atoms with Gasteiger partial charge in [-0.2, -0.15) is 0 Å². The van der Waals surface area contributed by atoms with Crippen molar-refractivity contribution in [2.75, 3.05) is 26.8 Å². The van der Waals surface area contributed by atoms with Gasteiger partial charge in [-0.25, -0.2) is 4.79 Å². The molecule has 2 rings (SSSR count). The maximum Gasteiger partial charge on any atom is 0.407 e. The lowest BCUT2D eigenvalue weighted by molar-refractivity contribution is -0.132. The van der Waals surface area contributed by atoms with Crippen molar-refractivity contribution < 1.29 is 19.1 Å². The van der Waals surface area contributed by atoms with Crippen LogP contribution in [-0.4, -0.2) is 49.7 Å². The van der Waals surface area contributed by atoms with Crippen molar-refractivity contribution in [3.05, 3.63) is 30.3 Å². The molecule has 6 heteroatoms. The Morgan fingerprint density at radius 2 is 1.91 bits per heavy atom. The molecule has 1 aromatic rings. The molecule has 0 saturated carbocycles. The standard InChI is InChI=1S/C16H22N2O4/c1-21-16(20)17-13-7-10-18(11-8-13)15(19)9-12-22-14-5-3-2-4-6-14/h2-6,13H,7-12H2,1H3,(H,17,20). The number of carbonyl (C=O) groups excluding carboxylic acids is 2. The first-order valence-electron chi connectivity index (χ1n) is 7.49. The topological polar surface area (TPSA) is 67.9 Å². The Morgan fingerprint density at radius 1 is 1.23 bits per heavy atom. The number of para-hydroxylation sites is 1. The smallest absolute Gasteiger partial charge is 0.407 e. The molecule has 120 valence electrons. The summed E-state index contributed by atoms with van der Waals surface area (Å²) in [5.41, 5.74) is 0. The van der Waals surface area contributed by atoms with Gasteiger partial charge in [0.1, 0.15) is 5.75 Å². The summed E-state index contributed by atoms with van der Waals surface area (Å²) in [7, 11) is 1.35. The van der Waals surface area contributed by atoms with Gasteiger partial charge in [0.15, 0.2) is 0 Å². The summed E-state index contributed by atoms with van der Waals surface area (Å²) in [5, 5.41) is 2.77. The molecule has 0 spiro atoms. The summed E-state index contributed by atoms with van der Waals surface area (Å²) in [6.07, 6.45) is 1.45. The number of nitrogens with zero attached hydrogens (tertiary/aromatic N) is 1. The third-order valence-electron chi connectivity index (χ3n) is 3.68. The van der Waals surface area contributed by atoms with Gasteiger partial charge in [-0.1, -0.05) is 18.2 Å². The first-order valence-corrected chi connectivity index (χ1v) is 7.49.